The van der Waals surface area contributed by atoms with E-state index in [-0.39, 0.29) is 6.71 Å². The van der Waals surface area contributed by atoms with Crippen LogP contribution in [0, 0.1) is 0 Å². The van der Waals surface area contributed by atoms with Crippen LogP contribution in [-0.4, -0.2) is 14.8 Å². The predicted octanol–water partition coefficient (Wildman–Crippen LogP) is 14.4. The second-order valence-electron chi connectivity index (χ2n) is 18.6. The van der Waals surface area contributed by atoms with E-state index < -0.39 is 8.07 Å². The van der Waals surface area contributed by atoms with Crippen molar-refractivity contribution in [3.8, 4) is 0 Å². The molecule has 0 fully saturated rings. The number of rotatable bonds is 9. The van der Waals surface area contributed by atoms with Gasteiger partial charge in [0.2, 0.25) is 0 Å². The Morgan fingerprint density at radius 1 is 0.343 bits per heavy atom. The Bertz CT molecular complexity index is 3310. The standard InChI is InChI=1S/C61H49BN4Si/c1-67(2,3)51-41-57-61-58(42-51)66(49-34-20-9-21-35-49)59-43-55(64(46-28-14-6-15-29-46)47-30-16-7-17-31-47)52-36-22-23-37-53(52)60(59)62(61)54-39-38-50(40-56(54)65(57)48-32-18-8-19-33-48)63(44-24-10-4-11-25-44)45-26-12-5-13-27-45/h4-43H,1-3H3. The van der Waals surface area contributed by atoms with Crippen molar-refractivity contribution < 1.29 is 0 Å². The van der Waals surface area contributed by atoms with Crippen LogP contribution in [0.15, 0.2) is 243 Å². The van der Waals surface area contributed by atoms with Crippen LogP contribution in [0.2, 0.25) is 19.6 Å². The minimum atomic E-state index is -1.93. The summed E-state index contributed by atoms with van der Waals surface area (Å²) in [5.74, 6) is 0. The molecule has 0 saturated carbocycles. The van der Waals surface area contributed by atoms with Crippen molar-refractivity contribution in [1.29, 1.82) is 0 Å². The third-order valence-electron chi connectivity index (χ3n) is 13.5. The van der Waals surface area contributed by atoms with Crippen molar-refractivity contribution in [3.05, 3.63) is 243 Å². The number of para-hydroxylation sites is 6. The van der Waals surface area contributed by atoms with Crippen molar-refractivity contribution in [2.24, 2.45) is 0 Å². The van der Waals surface area contributed by atoms with Crippen LogP contribution in [0.1, 0.15) is 0 Å². The fourth-order valence-corrected chi connectivity index (χ4v) is 11.6. The van der Waals surface area contributed by atoms with E-state index >= 15 is 0 Å². The van der Waals surface area contributed by atoms with Gasteiger partial charge in [0.1, 0.15) is 0 Å². The lowest BCUT2D eigenvalue weighted by molar-refractivity contribution is 1.24. The topological polar surface area (TPSA) is 13.0 Å². The molecule has 2 heterocycles. The molecule has 12 rings (SSSR count). The van der Waals surface area contributed by atoms with E-state index in [0.29, 0.717) is 0 Å². The average molecular weight is 877 g/mol. The molecule has 0 amide bonds. The maximum atomic E-state index is 2.58. The van der Waals surface area contributed by atoms with E-state index in [2.05, 4.69) is 282 Å². The molecule has 2 aliphatic rings. The van der Waals surface area contributed by atoms with Crippen molar-refractivity contribution in [1.82, 2.24) is 0 Å². The Labute approximate surface area is 395 Å². The molecule has 0 saturated heterocycles. The lowest BCUT2D eigenvalue weighted by atomic mass is 9.33. The van der Waals surface area contributed by atoms with Gasteiger partial charge in [-0.3, -0.25) is 0 Å². The van der Waals surface area contributed by atoms with E-state index in [9.17, 15) is 0 Å². The molecule has 0 aliphatic carbocycles. The molecule has 2 aliphatic heterocycles. The highest BCUT2D eigenvalue weighted by Gasteiger charge is 2.46. The van der Waals surface area contributed by atoms with E-state index in [1.807, 2.05) is 0 Å². The highest BCUT2D eigenvalue weighted by Crippen LogP contribution is 2.49. The number of nitrogens with zero attached hydrogens (tertiary/aromatic N) is 4. The van der Waals surface area contributed by atoms with Gasteiger partial charge in [-0.2, -0.15) is 0 Å². The molecule has 6 heteroatoms. The van der Waals surface area contributed by atoms with Gasteiger partial charge in [-0.05, 0) is 125 Å². The zero-order chi connectivity index (χ0) is 45.1. The molecule has 320 valence electrons. The Hall–Kier alpha value is -8.06. The van der Waals surface area contributed by atoms with Crippen LogP contribution in [0.4, 0.5) is 68.2 Å². The first-order valence-corrected chi connectivity index (χ1v) is 26.8. The Kier molecular flexibility index (Phi) is 9.92. The summed E-state index contributed by atoms with van der Waals surface area (Å²) in [5, 5.41) is 3.85. The van der Waals surface area contributed by atoms with Gasteiger partial charge >= 0.3 is 0 Å². The van der Waals surface area contributed by atoms with Crippen LogP contribution >= 0.6 is 0 Å². The molecule has 0 N–H and O–H groups in total. The molecular formula is C61H49BN4Si. The minimum Gasteiger partial charge on any atom is -0.311 e. The zero-order valence-corrected chi connectivity index (χ0v) is 39.0. The Balaban J connectivity index is 1.21. The van der Waals surface area contributed by atoms with Gasteiger partial charge in [-0.1, -0.05) is 164 Å². The third-order valence-corrected chi connectivity index (χ3v) is 15.5. The molecule has 0 aromatic heterocycles. The molecule has 0 radical (unpaired) electrons. The summed E-state index contributed by atoms with van der Waals surface area (Å²) in [4.78, 5) is 9.96. The van der Waals surface area contributed by atoms with Gasteiger partial charge in [0.15, 0.2) is 0 Å². The number of benzene rings is 10. The fraction of sp³-hybridized carbons (Fsp3) is 0.0492. The smallest absolute Gasteiger partial charge is 0.252 e. The number of anilines is 12. The van der Waals surface area contributed by atoms with Gasteiger partial charge in [-0.15, -0.1) is 0 Å². The van der Waals surface area contributed by atoms with Gasteiger partial charge < -0.3 is 19.6 Å². The number of hydrogen-bond donors (Lipinski definition) is 0. The second kappa shape index (κ2) is 16.4. The number of fused-ring (bicyclic) bond motifs is 6. The van der Waals surface area contributed by atoms with Crippen LogP contribution in [0.3, 0.4) is 0 Å². The largest absolute Gasteiger partial charge is 0.311 e. The van der Waals surface area contributed by atoms with Crippen molar-refractivity contribution in [3.63, 3.8) is 0 Å². The highest BCUT2D eigenvalue weighted by atomic mass is 28.3. The quantitative estimate of drug-likeness (QED) is 0.134. The minimum absolute atomic E-state index is 0.0811. The maximum absolute atomic E-state index is 2.58. The van der Waals surface area contributed by atoms with Gasteiger partial charge in [0.25, 0.3) is 6.71 Å². The zero-order valence-electron chi connectivity index (χ0n) is 38.0. The van der Waals surface area contributed by atoms with E-state index in [1.165, 1.54) is 55.1 Å². The first kappa shape index (κ1) is 40.5. The summed E-state index contributed by atoms with van der Waals surface area (Å²) in [6.07, 6.45) is 0. The monoisotopic (exact) mass is 876 g/mol. The van der Waals surface area contributed by atoms with Crippen LogP contribution in [0.25, 0.3) is 10.8 Å². The van der Waals surface area contributed by atoms with E-state index in [0.717, 1.165) is 45.5 Å². The third kappa shape index (κ3) is 6.91. The van der Waals surface area contributed by atoms with Crippen LogP contribution in [0.5, 0.6) is 0 Å². The summed E-state index contributed by atoms with van der Waals surface area (Å²) < 4.78 is 0. The molecule has 0 unspecified atom stereocenters. The van der Waals surface area contributed by atoms with E-state index in [1.54, 1.807) is 0 Å². The molecule has 0 bridgehead atoms. The van der Waals surface area contributed by atoms with Gasteiger partial charge in [0, 0.05) is 67.9 Å². The van der Waals surface area contributed by atoms with Crippen molar-refractivity contribution in [2.45, 2.75) is 19.6 Å². The fourth-order valence-electron chi connectivity index (χ4n) is 10.5. The normalized spacial score (nSPS) is 12.6. The molecule has 4 nitrogen and oxygen atoms in total. The summed E-state index contributed by atoms with van der Waals surface area (Å²) in [6.45, 7) is 7.35. The lowest BCUT2D eigenvalue weighted by Crippen LogP contribution is -2.62. The summed E-state index contributed by atoms with van der Waals surface area (Å²) in [7, 11) is -1.93. The van der Waals surface area contributed by atoms with E-state index in [4.69, 9.17) is 0 Å². The summed E-state index contributed by atoms with van der Waals surface area (Å²) >= 11 is 0. The Morgan fingerprint density at radius 3 is 1.22 bits per heavy atom. The average Bonchev–Trinajstić information content (AvgIpc) is 3.38. The second-order valence-corrected chi connectivity index (χ2v) is 23.7. The number of hydrogen-bond acceptors (Lipinski definition) is 4. The highest BCUT2D eigenvalue weighted by molar-refractivity contribution is 7.02. The molecule has 0 spiro atoms. The first-order chi connectivity index (χ1) is 32.9. The lowest BCUT2D eigenvalue weighted by Gasteiger charge is -2.46. The van der Waals surface area contributed by atoms with Crippen molar-refractivity contribution >= 4 is 115 Å². The SMILES string of the molecule is C[Si](C)(C)c1cc2c3c(c1)N(c1ccccc1)c1cc(N(c4ccccc4)c4ccccc4)c4ccccc4c1B3c1ccc(N(c3ccccc3)c3ccccc3)cc1N2c1ccccc1. The summed E-state index contributed by atoms with van der Waals surface area (Å²) in [6, 6.07) is 89.1. The van der Waals surface area contributed by atoms with Crippen LogP contribution < -0.4 is 41.2 Å². The first-order valence-electron chi connectivity index (χ1n) is 23.3. The van der Waals surface area contributed by atoms with Crippen molar-refractivity contribution in [2.75, 3.05) is 19.6 Å². The van der Waals surface area contributed by atoms with Gasteiger partial charge in [-0.25, -0.2) is 0 Å². The maximum Gasteiger partial charge on any atom is 0.252 e. The molecule has 0 atom stereocenters. The Morgan fingerprint density at radius 2 is 0.746 bits per heavy atom. The molecule has 10 aromatic carbocycles. The molecule has 67 heavy (non-hydrogen) atoms. The molecule has 10 aromatic rings. The predicted molar refractivity (Wildman–Crippen MR) is 290 cm³/mol. The molecular weight excluding hydrogens is 828 g/mol. The van der Waals surface area contributed by atoms with Gasteiger partial charge in [0.05, 0.1) is 13.8 Å². The summed E-state index contributed by atoms with van der Waals surface area (Å²) in [5.41, 5.74) is 17.7. The van der Waals surface area contributed by atoms with Crippen LogP contribution in [-0.2, 0) is 0 Å².